The molecule has 0 atom stereocenters. The molecule has 1 amide bonds. The van der Waals surface area contributed by atoms with Gasteiger partial charge in [-0.15, -0.1) is 0 Å². The summed E-state index contributed by atoms with van der Waals surface area (Å²) >= 11 is 0. The lowest BCUT2D eigenvalue weighted by molar-refractivity contribution is -0.123. The van der Waals surface area contributed by atoms with E-state index in [0.29, 0.717) is 0 Å². The van der Waals surface area contributed by atoms with E-state index in [1.54, 1.807) is 0 Å². The summed E-state index contributed by atoms with van der Waals surface area (Å²) < 4.78 is 0. The highest BCUT2D eigenvalue weighted by Crippen LogP contribution is 1.92. The van der Waals surface area contributed by atoms with Crippen molar-refractivity contribution in [1.29, 1.82) is 0 Å². The van der Waals surface area contributed by atoms with Crippen LogP contribution in [0.1, 0.15) is 26.7 Å². The molecule has 0 bridgehead atoms. The summed E-state index contributed by atoms with van der Waals surface area (Å²) in [4.78, 5) is 13.5. The van der Waals surface area contributed by atoms with E-state index >= 15 is 0 Å². The summed E-state index contributed by atoms with van der Waals surface area (Å²) in [5, 5.41) is 2.90. The minimum Gasteiger partial charge on any atom is -0.356 e. The van der Waals surface area contributed by atoms with Crippen LogP contribution >= 0.6 is 0 Å². The maximum Gasteiger partial charge on any atom is 0.222 e. The average Bonchev–Trinajstić information content (AvgIpc) is 2.20. The molecule has 90 valence electrons. The third kappa shape index (κ3) is 8.39. The maximum absolute atomic E-state index is 11.2. The molecule has 0 saturated heterocycles. The first-order chi connectivity index (χ1) is 7.07. The number of hydrogen-bond acceptors (Lipinski definition) is 3. The second-order valence-corrected chi connectivity index (χ2v) is 4.24. The van der Waals surface area contributed by atoms with E-state index in [1.807, 2.05) is 13.8 Å². The number of nitrogens with zero attached hydrogens (tertiary/aromatic N) is 1. The Kier molecular flexibility index (Phi) is 8.33. The van der Waals surface area contributed by atoms with Gasteiger partial charge in [-0.2, -0.15) is 0 Å². The minimum absolute atomic E-state index is 0.0833. The number of carbonyl (C=O) groups excluding carboxylic acids is 1. The fraction of sp³-hybridized carbons (Fsp3) is 0.909. The summed E-state index contributed by atoms with van der Waals surface area (Å²) in [5.74, 6) is 0.222. The topological polar surface area (TPSA) is 58.4 Å². The van der Waals surface area contributed by atoms with Crippen LogP contribution in [0, 0.1) is 5.92 Å². The van der Waals surface area contributed by atoms with Gasteiger partial charge in [0.15, 0.2) is 0 Å². The summed E-state index contributed by atoms with van der Waals surface area (Å²) in [6.07, 6.45) is 2.04. The molecule has 0 aliphatic rings. The van der Waals surface area contributed by atoms with E-state index < -0.39 is 0 Å². The van der Waals surface area contributed by atoms with Gasteiger partial charge in [-0.1, -0.05) is 13.8 Å². The molecular formula is C11H25N3O. The second kappa shape index (κ2) is 8.68. The Morgan fingerprint density at radius 2 is 1.93 bits per heavy atom. The van der Waals surface area contributed by atoms with Gasteiger partial charge in [-0.3, -0.25) is 4.79 Å². The average molecular weight is 215 g/mol. The van der Waals surface area contributed by atoms with E-state index in [4.69, 9.17) is 5.73 Å². The first-order valence-corrected chi connectivity index (χ1v) is 5.74. The molecule has 0 aliphatic heterocycles. The third-order valence-corrected chi connectivity index (χ3v) is 2.28. The molecule has 0 radical (unpaired) electrons. The van der Waals surface area contributed by atoms with Gasteiger partial charge in [0, 0.05) is 12.5 Å². The molecule has 0 spiro atoms. The van der Waals surface area contributed by atoms with Crippen molar-refractivity contribution in [2.45, 2.75) is 26.7 Å². The smallest absolute Gasteiger partial charge is 0.222 e. The number of nitrogens with two attached hydrogens (primary N) is 1. The number of rotatable bonds is 8. The molecule has 0 aliphatic carbocycles. The number of carbonyl (C=O) groups is 1. The molecule has 0 heterocycles. The van der Waals surface area contributed by atoms with Crippen molar-refractivity contribution in [3.05, 3.63) is 0 Å². The van der Waals surface area contributed by atoms with Crippen molar-refractivity contribution < 1.29 is 4.79 Å². The highest BCUT2D eigenvalue weighted by molar-refractivity contribution is 5.77. The molecule has 0 saturated carbocycles. The largest absolute Gasteiger partial charge is 0.356 e. The van der Waals surface area contributed by atoms with Crippen molar-refractivity contribution in [1.82, 2.24) is 10.2 Å². The van der Waals surface area contributed by atoms with Gasteiger partial charge < -0.3 is 16.0 Å². The quantitative estimate of drug-likeness (QED) is 0.577. The summed E-state index contributed by atoms with van der Waals surface area (Å²) in [7, 11) is 2.08. The lowest BCUT2D eigenvalue weighted by atomic mass is 10.2. The van der Waals surface area contributed by atoms with Gasteiger partial charge in [0.1, 0.15) is 0 Å². The highest BCUT2D eigenvalue weighted by atomic mass is 16.1. The van der Waals surface area contributed by atoms with Gasteiger partial charge in [0.05, 0.1) is 0 Å². The van der Waals surface area contributed by atoms with Crippen LogP contribution in [0.25, 0.3) is 0 Å². The first-order valence-electron chi connectivity index (χ1n) is 5.74. The normalized spacial score (nSPS) is 11.1. The third-order valence-electron chi connectivity index (χ3n) is 2.28. The number of nitrogens with one attached hydrogen (secondary N) is 1. The van der Waals surface area contributed by atoms with Crippen LogP contribution in [0.2, 0.25) is 0 Å². The van der Waals surface area contributed by atoms with Crippen molar-refractivity contribution in [2.75, 3.05) is 33.2 Å². The van der Waals surface area contributed by atoms with Crippen LogP contribution in [-0.2, 0) is 4.79 Å². The fourth-order valence-electron chi connectivity index (χ4n) is 1.24. The number of amides is 1. The Balaban J connectivity index is 3.34. The zero-order chi connectivity index (χ0) is 11.7. The molecule has 0 aromatic rings. The Morgan fingerprint density at radius 3 is 2.47 bits per heavy atom. The van der Waals surface area contributed by atoms with E-state index in [1.165, 1.54) is 0 Å². The molecule has 4 nitrogen and oxygen atoms in total. The molecule has 15 heavy (non-hydrogen) atoms. The lowest BCUT2D eigenvalue weighted by Crippen LogP contribution is -2.31. The fourth-order valence-corrected chi connectivity index (χ4v) is 1.24. The van der Waals surface area contributed by atoms with E-state index in [0.717, 1.165) is 39.0 Å². The highest BCUT2D eigenvalue weighted by Gasteiger charge is 2.05. The Hall–Kier alpha value is -0.610. The van der Waals surface area contributed by atoms with E-state index in [-0.39, 0.29) is 11.8 Å². The summed E-state index contributed by atoms with van der Waals surface area (Å²) in [6.45, 7) is 7.37. The van der Waals surface area contributed by atoms with Gasteiger partial charge in [0.2, 0.25) is 5.91 Å². The van der Waals surface area contributed by atoms with Crippen molar-refractivity contribution >= 4 is 5.91 Å². The minimum atomic E-state index is 0.0833. The molecule has 0 rings (SSSR count). The van der Waals surface area contributed by atoms with E-state index in [2.05, 4.69) is 17.3 Å². The predicted octanol–water partition coefficient (Wildman–Crippen LogP) is 0.429. The standard InChI is InChI=1S/C11H25N3O/c1-10(2)11(15)13-7-5-9-14(3)8-4-6-12/h10H,4-9,12H2,1-3H3,(H,13,15). The van der Waals surface area contributed by atoms with Gasteiger partial charge in [-0.25, -0.2) is 0 Å². The molecule has 0 fully saturated rings. The summed E-state index contributed by atoms with van der Waals surface area (Å²) in [6, 6.07) is 0. The van der Waals surface area contributed by atoms with Crippen LogP contribution < -0.4 is 11.1 Å². The molecule has 0 aromatic carbocycles. The Labute approximate surface area is 93.2 Å². The SMILES string of the molecule is CC(C)C(=O)NCCCN(C)CCCN. The van der Waals surface area contributed by atoms with Gasteiger partial charge in [0.25, 0.3) is 0 Å². The van der Waals surface area contributed by atoms with Crippen LogP contribution in [0.5, 0.6) is 0 Å². The monoisotopic (exact) mass is 215 g/mol. The van der Waals surface area contributed by atoms with Crippen LogP contribution in [0.4, 0.5) is 0 Å². The molecular weight excluding hydrogens is 190 g/mol. The van der Waals surface area contributed by atoms with Crippen molar-refractivity contribution in [3.63, 3.8) is 0 Å². The first kappa shape index (κ1) is 14.4. The predicted molar refractivity (Wildman–Crippen MR) is 63.6 cm³/mol. The zero-order valence-electron chi connectivity index (χ0n) is 10.3. The Morgan fingerprint density at radius 1 is 1.33 bits per heavy atom. The van der Waals surface area contributed by atoms with Gasteiger partial charge in [-0.05, 0) is 39.5 Å². The zero-order valence-corrected chi connectivity index (χ0v) is 10.3. The molecule has 4 heteroatoms. The van der Waals surface area contributed by atoms with Crippen LogP contribution in [-0.4, -0.2) is 44.0 Å². The molecule has 0 aromatic heterocycles. The lowest BCUT2D eigenvalue weighted by Gasteiger charge is -2.16. The maximum atomic E-state index is 11.2. The molecule has 3 N–H and O–H groups in total. The molecule has 0 unspecified atom stereocenters. The van der Waals surface area contributed by atoms with Crippen molar-refractivity contribution in [2.24, 2.45) is 11.7 Å². The van der Waals surface area contributed by atoms with E-state index in [9.17, 15) is 4.79 Å². The van der Waals surface area contributed by atoms with Crippen LogP contribution in [0.3, 0.4) is 0 Å². The van der Waals surface area contributed by atoms with Gasteiger partial charge >= 0.3 is 0 Å². The number of hydrogen-bond donors (Lipinski definition) is 2. The van der Waals surface area contributed by atoms with Crippen LogP contribution in [0.15, 0.2) is 0 Å². The summed E-state index contributed by atoms with van der Waals surface area (Å²) in [5.41, 5.74) is 5.42. The Bertz CT molecular complexity index is 171. The second-order valence-electron chi connectivity index (χ2n) is 4.24. The van der Waals surface area contributed by atoms with Crippen molar-refractivity contribution in [3.8, 4) is 0 Å².